The minimum atomic E-state index is -1.23. The number of phenols is 1. The molecule has 1 aromatic carbocycles. The Hall–Kier alpha value is -3.30. The number of nitrogens with one attached hydrogen (secondary N) is 2. The summed E-state index contributed by atoms with van der Waals surface area (Å²) in [5, 5.41) is 15.8. The van der Waals surface area contributed by atoms with Crippen molar-refractivity contribution in [2.24, 2.45) is 5.92 Å². The second-order valence-corrected chi connectivity index (χ2v) is 9.60. The number of phenolic OH excluding ortho intramolecular Hbond substituents is 1. The molecule has 0 bridgehead atoms. The molecule has 4 unspecified atom stereocenters. The van der Waals surface area contributed by atoms with Gasteiger partial charge in [0, 0.05) is 11.6 Å². The van der Waals surface area contributed by atoms with E-state index >= 15 is 0 Å². The molecule has 0 aliphatic heterocycles. The van der Waals surface area contributed by atoms with Crippen molar-refractivity contribution in [2.75, 3.05) is 13.7 Å². The first-order valence-electron chi connectivity index (χ1n) is 11.2. The van der Waals surface area contributed by atoms with Crippen LogP contribution in [0, 0.1) is 12.8 Å². The molecule has 0 aromatic heterocycles. The molecule has 188 valence electrons. The molecule has 1 aromatic rings. The fourth-order valence-corrected chi connectivity index (χ4v) is 3.59. The number of rotatable bonds is 8. The van der Waals surface area contributed by atoms with Crippen molar-refractivity contribution < 1.29 is 33.8 Å². The Kier molecular flexibility index (Phi) is 8.52. The molecule has 1 aliphatic rings. The van der Waals surface area contributed by atoms with Gasteiger partial charge in [-0.2, -0.15) is 0 Å². The van der Waals surface area contributed by atoms with Crippen LogP contribution in [0.3, 0.4) is 0 Å². The first-order chi connectivity index (χ1) is 15.8. The van der Waals surface area contributed by atoms with Gasteiger partial charge >= 0.3 is 12.1 Å². The zero-order chi connectivity index (χ0) is 25.8. The van der Waals surface area contributed by atoms with Crippen molar-refractivity contribution >= 4 is 23.9 Å². The van der Waals surface area contributed by atoms with Crippen LogP contribution in [0.15, 0.2) is 18.2 Å². The van der Waals surface area contributed by atoms with Crippen molar-refractivity contribution in [3.63, 3.8) is 0 Å². The second kappa shape index (κ2) is 10.8. The Morgan fingerprint density at radius 2 is 1.85 bits per heavy atom. The van der Waals surface area contributed by atoms with Gasteiger partial charge in [0.1, 0.15) is 30.0 Å². The summed E-state index contributed by atoms with van der Waals surface area (Å²) >= 11 is 0. The summed E-state index contributed by atoms with van der Waals surface area (Å²) in [6, 6.07) is 2.39. The van der Waals surface area contributed by atoms with Crippen LogP contribution >= 0.6 is 0 Å². The van der Waals surface area contributed by atoms with Crippen LogP contribution in [-0.4, -0.2) is 65.2 Å². The van der Waals surface area contributed by atoms with Gasteiger partial charge in [0.15, 0.2) is 0 Å². The predicted octanol–water partition coefficient (Wildman–Crippen LogP) is 2.18. The number of hydrogen-bond donors (Lipinski definition) is 3. The molecule has 0 spiro atoms. The number of ether oxygens (including phenoxy) is 2. The molecule has 0 radical (unpaired) electrons. The molecule has 3 amide bonds. The number of aryl methyl sites for hydroxylation is 1. The van der Waals surface area contributed by atoms with Gasteiger partial charge in [-0.15, -0.1) is 0 Å². The minimum Gasteiger partial charge on any atom is -0.507 e. The van der Waals surface area contributed by atoms with Gasteiger partial charge < -0.3 is 30.1 Å². The molecule has 34 heavy (non-hydrogen) atoms. The van der Waals surface area contributed by atoms with Crippen LogP contribution in [0.4, 0.5) is 4.79 Å². The summed E-state index contributed by atoms with van der Waals surface area (Å²) in [6.45, 7) is 9.85. The average Bonchev–Trinajstić information content (AvgIpc) is 3.46. The van der Waals surface area contributed by atoms with Gasteiger partial charge in [-0.1, -0.05) is 25.1 Å². The van der Waals surface area contributed by atoms with Gasteiger partial charge in [0.05, 0.1) is 7.11 Å². The van der Waals surface area contributed by atoms with Crippen LogP contribution < -0.4 is 10.6 Å². The van der Waals surface area contributed by atoms with Crippen LogP contribution in [0.25, 0.3) is 0 Å². The number of hydrogen-bond acceptors (Lipinski definition) is 7. The minimum absolute atomic E-state index is 0.112. The first kappa shape index (κ1) is 26.9. The summed E-state index contributed by atoms with van der Waals surface area (Å²) in [5.74, 6) is -1.83. The largest absolute Gasteiger partial charge is 0.507 e. The third kappa shape index (κ3) is 6.85. The summed E-state index contributed by atoms with van der Waals surface area (Å²) < 4.78 is 9.84. The number of amides is 3. The topological polar surface area (TPSA) is 134 Å². The zero-order valence-electron chi connectivity index (χ0n) is 20.8. The molecule has 4 atom stereocenters. The number of alkyl carbamates (subject to hydrolysis) is 1. The fraction of sp³-hybridized carbons (Fsp3) is 0.583. The Balaban J connectivity index is 2.42. The van der Waals surface area contributed by atoms with E-state index in [0.29, 0.717) is 12.0 Å². The van der Waals surface area contributed by atoms with E-state index in [9.17, 15) is 24.3 Å². The van der Waals surface area contributed by atoms with E-state index in [0.717, 1.165) is 0 Å². The van der Waals surface area contributed by atoms with Crippen LogP contribution in [0.5, 0.6) is 5.75 Å². The zero-order valence-corrected chi connectivity index (χ0v) is 20.8. The maximum absolute atomic E-state index is 13.6. The lowest BCUT2D eigenvalue weighted by Crippen LogP contribution is -2.53. The molecule has 3 N–H and O–H groups in total. The Morgan fingerprint density at radius 1 is 1.24 bits per heavy atom. The van der Waals surface area contributed by atoms with E-state index in [1.807, 2.05) is 6.92 Å². The summed E-state index contributed by atoms with van der Waals surface area (Å²) in [7, 11) is 1.20. The maximum atomic E-state index is 13.6. The van der Waals surface area contributed by atoms with Crippen molar-refractivity contribution in [2.45, 2.75) is 71.7 Å². The lowest BCUT2D eigenvalue weighted by atomic mass is 9.99. The number of benzene rings is 1. The molecule has 1 saturated carbocycles. The van der Waals surface area contributed by atoms with Gasteiger partial charge in [-0.3, -0.25) is 14.4 Å². The van der Waals surface area contributed by atoms with Crippen LogP contribution in [-0.2, 0) is 23.9 Å². The number of aromatic hydroxyl groups is 1. The molecule has 10 heteroatoms. The summed E-state index contributed by atoms with van der Waals surface area (Å²) in [6.07, 6.45) is -0.111. The van der Waals surface area contributed by atoms with Gasteiger partial charge in [0.2, 0.25) is 11.8 Å². The molecule has 0 heterocycles. The Bertz CT molecular complexity index is 941. The van der Waals surface area contributed by atoms with E-state index in [1.54, 1.807) is 45.9 Å². The molecule has 1 fully saturated rings. The van der Waals surface area contributed by atoms with E-state index in [2.05, 4.69) is 15.4 Å². The fourth-order valence-electron chi connectivity index (χ4n) is 3.59. The van der Waals surface area contributed by atoms with Crippen molar-refractivity contribution in [3.8, 4) is 5.75 Å². The predicted molar refractivity (Wildman–Crippen MR) is 124 cm³/mol. The van der Waals surface area contributed by atoms with Gasteiger partial charge in [0.25, 0.3) is 0 Å². The second-order valence-electron chi connectivity index (χ2n) is 9.60. The number of nitrogens with zero attached hydrogens (tertiary/aromatic N) is 1. The quantitative estimate of drug-likeness (QED) is 0.489. The lowest BCUT2D eigenvalue weighted by Gasteiger charge is -2.34. The highest BCUT2D eigenvalue weighted by molar-refractivity contribution is 5.94. The summed E-state index contributed by atoms with van der Waals surface area (Å²) in [4.78, 5) is 52.1. The van der Waals surface area contributed by atoms with Crippen molar-refractivity contribution in [1.82, 2.24) is 15.5 Å². The number of esters is 1. The van der Waals surface area contributed by atoms with E-state index in [1.165, 1.54) is 18.9 Å². The number of carbonyl (C=O) groups is 4. The molecular weight excluding hydrogens is 442 g/mol. The lowest BCUT2D eigenvalue weighted by molar-refractivity contribution is -0.145. The Labute approximate surface area is 200 Å². The van der Waals surface area contributed by atoms with Gasteiger partial charge in [-0.05, 0) is 52.5 Å². The Morgan fingerprint density at radius 3 is 2.38 bits per heavy atom. The van der Waals surface area contributed by atoms with E-state index < -0.39 is 48.1 Å². The maximum Gasteiger partial charge on any atom is 0.408 e. The highest BCUT2D eigenvalue weighted by Crippen LogP contribution is 2.42. The number of methoxy groups -OCH3 is 1. The third-order valence-electron chi connectivity index (χ3n) is 5.51. The van der Waals surface area contributed by atoms with Gasteiger partial charge in [-0.25, -0.2) is 4.79 Å². The highest BCUT2D eigenvalue weighted by Gasteiger charge is 2.48. The summed E-state index contributed by atoms with van der Waals surface area (Å²) in [5.41, 5.74) is 0.0000167. The first-order valence-corrected chi connectivity index (χ1v) is 11.2. The van der Waals surface area contributed by atoms with Crippen molar-refractivity contribution in [1.29, 1.82) is 0 Å². The van der Waals surface area contributed by atoms with E-state index in [4.69, 9.17) is 4.74 Å². The van der Waals surface area contributed by atoms with Crippen LogP contribution in [0.1, 0.15) is 58.2 Å². The molecule has 10 nitrogen and oxygen atoms in total. The number of para-hydroxylation sites is 1. The SMILES string of the molecule is COC(=O)CNC(=O)C(c1cccc(C)c1O)N(C(=O)C(C)NC(=O)OC(C)(C)C)C1CC1C. The highest BCUT2D eigenvalue weighted by atomic mass is 16.6. The molecular formula is C24H35N3O7. The number of carbonyl (C=O) groups excluding carboxylic acids is 4. The third-order valence-corrected chi connectivity index (χ3v) is 5.51. The monoisotopic (exact) mass is 477 g/mol. The van der Waals surface area contributed by atoms with Crippen molar-refractivity contribution in [3.05, 3.63) is 29.3 Å². The average molecular weight is 478 g/mol. The standard InChI is InChI=1S/C24H35N3O7/c1-13-9-8-10-16(20(13)29)19(21(30)25-12-18(28)33-7)27(17-11-14(17)2)22(31)15(3)26-23(32)34-24(4,5)6/h8-10,14-15,17,19,29H,11-12H2,1-7H3,(H,25,30)(H,26,32). The smallest absolute Gasteiger partial charge is 0.408 e. The molecule has 0 saturated heterocycles. The van der Waals surface area contributed by atoms with E-state index in [-0.39, 0.29) is 23.3 Å². The molecule has 2 rings (SSSR count). The van der Waals surface area contributed by atoms with Crippen LogP contribution in [0.2, 0.25) is 0 Å². The molecule has 1 aliphatic carbocycles. The normalized spacial score (nSPS) is 18.8.